The molecule has 4 heterocycles. The summed E-state index contributed by atoms with van der Waals surface area (Å²) < 4.78 is 10.0. The molecule has 1 N–H and O–H groups in total. The zero-order valence-corrected chi connectivity index (χ0v) is 16.5. The Kier molecular flexibility index (Phi) is 4.27. The number of H-pyrrole nitrogens is 1. The van der Waals surface area contributed by atoms with Crippen molar-refractivity contribution in [1.82, 2.24) is 29.5 Å². The van der Waals surface area contributed by atoms with E-state index in [0.717, 1.165) is 32.9 Å². The van der Waals surface area contributed by atoms with E-state index in [9.17, 15) is 4.79 Å². The second-order valence-electron chi connectivity index (χ2n) is 6.17. The molecule has 0 unspecified atom stereocenters. The minimum Gasteiger partial charge on any atom is -0.383 e. The van der Waals surface area contributed by atoms with E-state index >= 15 is 0 Å². The standard InChI is InChI=1S/C17H13BrN6O2.ClH/c1-9-14-7-24-17(20-15(21-24)5-11-6-16(25)22-26-11)12-4-10(18)2-3-13(12)23(14)8-19-9;/h2-4,6,8H,5,7H2,1H3,(H,22,25);1H. The molecule has 0 aliphatic carbocycles. The molecule has 10 heteroatoms. The molecule has 0 saturated carbocycles. The number of hydrogen-bond donors (Lipinski definition) is 1. The molecule has 0 saturated heterocycles. The molecule has 0 fully saturated rings. The van der Waals surface area contributed by atoms with Gasteiger partial charge >= 0.3 is 0 Å². The van der Waals surface area contributed by atoms with Gasteiger partial charge in [-0.1, -0.05) is 15.9 Å². The molecule has 0 amide bonds. The van der Waals surface area contributed by atoms with Crippen molar-refractivity contribution in [2.24, 2.45) is 0 Å². The molecule has 0 spiro atoms. The molecule has 1 aromatic carbocycles. The van der Waals surface area contributed by atoms with Gasteiger partial charge in [-0.15, -0.1) is 12.4 Å². The van der Waals surface area contributed by atoms with Crippen molar-refractivity contribution >= 4 is 28.3 Å². The number of rotatable bonds is 2. The number of fused-ring (bicyclic) bond motifs is 5. The van der Waals surface area contributed by atoms with Crippen molar-refractivity contribution in [2.45, 2.75) is 19.9 Å². The lowest BCUT2D eigenvalue weighted by Crippen LogP contribution is -2.06. The number of nitrogens with one attached hydrogen (secondary N) is 1. The summed E-state index contributed by atoms with van der Waals surface area (Å²) in [6.45, 7) is 2.55. The van der Waals surface area contributed by atoms with E-state index in [1.165, 1.54) is 6.07 Å². The lowest BCUT2D eigenvalue weighted by atomic mass is 10.1. The van der Waals surface area contributed by atoms with Crippen LogP contribution in [0.25, 0.3) is 17.1 Å². The van der Waals surface area contributed by atoms with Crippen LogP contribution in [0.2, 0.25) is 0 Å². The minimum absolute atomic E-state index is 0. The maximum atomic E-state index is 11.3. The predicted octanol–water partition coefficient (Wildman–Crippen LogP) is 2.86. The van der Waals surface area contributed by atoms with Crippen LogP contribution >= 0.6 is 28.3 Å². The minimum atomic E-state index is -0.269. The molecule has 3 aromatic heterocycles. The van der Waals surface area contributed by atoms with Gasteiger partial charge in [0.2, 0.25) is 0 Å². The van der Waals surface area contributed by atoms with Crippen molar-refractivity contribution in [1.29, 1.82) is 0 Å². The second-order valence-corrected chi connectivity index (χ2v) is 7.09. The fourth-order valence-corrected chi connectivity index (χ4v) is 3.60. The monoisotopic (exact) mass is 448 g/mol. The van der Waals surface area contributed by atoms with Gasteiger partial charge in [0.25, 0.3) is 5.56 Å². The summed E-state index contributed by atoms with van der Waals surface area (Å²) in [5, 5.41) is 6.93. The smallest absolute Gasteiger partial charge is 0.280 e. The highest BCUT2D eigenvalue weighted by molar-refractivity contribution is 9.10. The summed E-state index contributed by atoms with van der Waals surface area (Å²) >= 11 is 3.54. The van der Waals surface area contributed by atoms with Gasteiger partial charge in [0.15, 0.2) is 11.6 Å². The number of aromatic amines is 1. The van der Waals surface area contributed by atoms with E-state index in [0.29, 0.717) is 24.6 Å². The first-order valence-electron chi connectivity index (χ1n) is 8.03. The highest BCUT2D eigenvalue weighted by Crippen LogP contribution is 2.33. The molecule has 1 aliphatic rings. The Morgan fingerprint density at radius 2 is 2.19 bits per heavy atom. The molecule has 0 atom stereocenters. The average molecular weight is 450 g/mol. The quantitative estimate of drug-likeness (QED) is 0.447. The van der Waals surface area contributed by atoms with E-state index in [-0.39, 0.29) is 18.0 Å². The number of nitrogens with zero attached hydrogens (tertiary/aromatic N) is 5. The van der Waals surface area contributed by atoms with Crippen LogP contribution in [0.3, 0.4) is 0 Å². The Morgan fingerprint density at radius 3 is 2.96 bits per heavy atom. The number of hydrogen-bond acceptors (Lipinski definition) is 5. The van der Waals surface area contributed by atoms with Crippen LogP contribution in [0.15, 0.2) is 44.4 Å². The van der Waals surface area contributed by atoms with Gasteiger partial charge < -0.3 is 9.09 Å². The third-order valence-electron chi connectivity index (χ3n) is 4.46. The summed E-state index contributed by atoms with van der Waals surface area (Å²) in [6.07, 6.45) is 2.18. The molecular formula is C17H14BrClN6O2. The van der Waals surface area contributed by atoms with Crippen molar-refractivity contribution in [3.05, 3.63) is 68.4 Å². The van der Waals surface area contributed by atoms with Crippen LogP contribution < -0.4 is 5.56 Å². The lowest BCUT2D eigenvalue weighted by Gasteiger charge is -2.08. The number of aryl methyl sites for hydroxylation is 1. The SMILES string of the molecule is Cc1ncn2c1Cn1nc(Cc3cc(=O)[nH]o3)nc1-c1cc(Br)ccc1-2.Cl. The van der Waals surface area contributed by atoms with E-state index < -0.39 is 0 Å². The van der Waals surface area contributed by atoms with Crippen LogP contribution in [0.1, 0.15) is 23.0 Å². The molecule has 0 bridgehead atoms. The van der Waals surface area contributed by atoms with Crippen LogP contribution in [0, 0.1) is 6.92 Å². The average Bonchev–Trinajstić information content (AvgIpc) is 3.28. The fraction of sp³-hybridized carbons (Fsp3) is 0.176. The Morgan fingerprint density at radius 1 is 1.33 bits per heavy atom. The van der Waals surface area contributed by atoms with Gasteiger partial charge in [0.1, 0.15) is 5.76 Å². The summed E-state index contributed by atoms with van der Waals surface area (Å²) in [5.41, 5.74) is 3.73. The first-order chi connectivity index (χ1) is 12.6. The van der Waals surface area contributed by atoms with Gasteiger partial charge in [-0.2, -0.15) is 10.3 Å². The van der Waals surface area contributed by atoms with Crippen LogP contribution in [0.4, 0.5) is 0 Å². The van der Waals surface area contributed by atoms with Crippen LogP contribution in [-0.4, -0.2) is 29.5 Å². The van der Waals surface area contributed by atoms with Crippen molar-refractivity contribution < 1.29 is 4.52 Å². The zero-order chi connectivity index (χ0) is 17.8. The maximum Gasteiger partial charge on any atom is 0.280 e. The first kappa shape index (κ1) is 17.7. The third-order valence-corrected chi connectivity index (χ3v) is 4.95. The van der Waals surface area contributed by atoms with Crippen LogP contribution in [0.5, 0.6) is 0 Å². The van der Waals surface area contributed by atoms with Crippen LogP contribution in [-0.2, 0) is 13.0 Å². The molecular weight excluding hydrogens is 436 g/mol. The first-order valence-corrected chi connectivity index (χ1v) is 8.82. The summed E-state index contributed by atoms with van der Waals surface area (Å²) in [4.78, 5) is 20.4. The third kappa shape index (κ3) is 2.92. The summed E-state index contributed by atoms with van der Waals surface area (Å²) in [6, 6.07) is 7.48. The summed E-state index contributed by atoms with van der Waals surface area (Å²) in [7, 11) is 0. The van der Waals surface area contributed by atoms with E-state index in [1.54, 1.807) is 0 Å². The normalized spacial score (nSPS) is 11.9. The molecule has 27 heavy (non-hydrogen) atoms. The molecule has 138 valence electrons. The number of imidazole rings is 1. The van der Waals surface area contributed by atoms with E-state index in [2.05, 4.69) is 35.7 Å². The fourth-order valence-electron chi connectivity index (χ4n) is 3.24. The van der Waals surface area contributed by atoms with E-state index in [1.807, 2.05) is 36.1 Å². The maximum absolute atomic E-state index is 11.3. The largest absolute Gasteiger partial charge is 0.383 e. The predicted molar refractivity (Wildman–Crippen MR) is 104 cm³/mol. The van der Waals surface area contributed by atoms with Crippen molar-refractivity contribution in [3.8, 4) is 17.1 Å². The Labute approximate surface area is 167 Å². The van der Waals surface area contributed by atoms with Gasteiger partial charge in [0.05, 0.1) is 36.4 Å². The Balaban J connectivity index is 0.00000180. The van der Waals surface area contributed by atoms with E-state index in [4.69, 9.17) is 9.51 Å². The molecule has 8 nitrogen and oxygen atoms in total. The molecule has 4 aromatic rings. The van der Waals surface area contributed by atoms with Crippen molar-refractivity contribution in [3.63, 3.8) is 0 Å². The highest BCUT2D eigenvalue weighted by Gasteiger charge is 2.24. The van der Waals surface area contributed by atoms with Crippen molar-refractivity contribution in [2.75, 3.05) is 0 Å². The van der Waals surface area contributed by atoms with Gasteiger partial charge in [-0.3, -0.25) is 4.79 Å². The Hall–Kier alpha value is -2.65. The van der Waals surface area contributed by atoms with Gasteiger partial charge in [-0.25, -0.2) is 14.6 Å². The number of aromatic nitrogens is 6. The number of benzene rings is 1. The molecule has 5 rings (SSSR count). The summed E-state index contributed by atoms with van der Waals surface area (Å²) in [5.74, 6) is 1.88. The molecule has 1 aliphatic heterocycles. The molecule has 0 radical (unpaired) electrons. The topological polar surface area (TPSA) is 94.5 Å². The van der Waals surface area contributed by atoms with Gasteiger partial charge in [0, 0.05) is 16.1 Å². The second kappa shape index (κ2) is 6.50. The lowest BCUT2D eigenvalue weighted by molar-refractivity contribution is 0.383. The Bertz CT molecular complexity index is 1200. The number of halogens is 2. The highest BCUT2D eigenvalue weighted by atomic mass is 79.9. The van der Waals surface area contributed by atoms with Gasteiger partial charge in [-0.05, 0) is 25.1 Å². The zero-order valence-electron chi connectivity index (χ0n) is 14.1.